The molecule has 4 heteroatoms. The Hall–Kier alpha value is -1.81. The molecule has 0 spiro atoms. The Kier molecular flexibility index (Phi) is 4.14. The number of aliphatic hydroxyl groups is 1. The second-order valence-corrected chi connectivity index (χ2v) is 5.21. The second kappa shape index (κ2) is 5.67. The minimum absolute atomic E-state index is 0.178. The SMILES string of the molecule is C=C[C@H]1CC(=O)O[C@@H]1[C@@H](O)c1cc(C)cc(C)c1OC. The van der Waals surface area contributed by atoms with Crippen molar-refractivity contribution in [3.63, 3.8) is 0 Å². The minimum atomic E-state index is -0.919. The lowest BCUT2D eigenvalue weighted by atomic mass is 9.91. The van der Waals surface area contributed by atoms with E-state index in [0.29, 0.717) is 11.3 Å². The average molecular weight is 276 g/mol. The van der Waals surface area contributed by atoms with Gasteiger partial charge in [0, 0.05) is 11.5 Å². The molecule has 1 aromatic carbocycles. The van der Waals surface area contributed by atoms with E-state index in [1.54, 1.807) is 13.2 Å². The number of carbonyl (C=O) groups is 1. The summed E-state index contributed by atoms with van der Waals surface area (Å²) >= 11 is 0. The number of benzene rings is 1. The molecule has 1 fully saturated rings. The zero-order chi connectivity index (χ0) is 14.9. The van der Waals surface area contributed by atoms with Crippen LogP contribution >= 0.6 is 0 Å². The van der Waals surface area contributed by atoms with Gasteiger partial charge in [-0.2, -0.15) is 0 Å². The molecule has 20 heavy (non-hydrogen) atoms. The third-order valence-electron chi connectivity index (χ3n) is 3.68. The fourth-order valence-corrected chi connectivity index (χ4v) is 2.77. The molecular weight excluding hydrogens is 256 g/mol. The van der Waals surface area contributed by atoms with Crippen molar-refractivity contribution in [3.05, 3.63) is 41.5 Å². The lowest BCUT2D eigenvalue weighted by Gasteiger charge is -2.24. The van der Waals surface area contributed by atoms with Gasteiger partial charge < -0.3 is 14.6 Å². The third kappa shape index (κ3) is 2.56. The van der Waals surface area contributed by atoms with Crippen LogP contribution in [0.4, 0.5) is 0 Å². The van der Waals surface area contributed by atoms with Crippen LogP contribution in [0.15, 0.2) is 24.8 Å². The highest BCUT2D eigenvalue weighted by molar-refractivity contribution is 5.72. The Morgan fingerprint density at radius 2 is 2.20 bits per heavy atom. The molecule has 0 aliphatic carbocycles. The van der Waals surface area contributed by atoms with Gasteiger partial charge in [0.1, 0.15) is 18.0 Å². The van der Waals surface area contributed by atoms with E-state index in [0.717, 1.165) is 11.1 Å². The van der Waals surface area contributed by atoms with Crippen molar-refractivity contribution >= 4 is 5.97 Å². The molecule has 1 heterocycles. The van der Waals surface area contributed by atoms with Gasteiger partial charge in [-0.3, -0.25) is 4.79 Å². The monoisotopic (exact) mass is 276 g/mol. The van der Waals surface area contributed by atoms with Crippen molar-refractivity contribution in [2.24, 2.45) is 5.92 Å². The first kappa shape index (κ1) is 14.6. The van der Waals surface area contributed by atoms with Crippen molar-refractivity contribution in [1.29, 1.82) is 0 Å². The molecule has 0 saturated carbocycles. The van der Waals surface area contributed by atoms with Crippen LogP contribution in [0.25, 0.3) is 0 Å². The van der Waals surface area contributed by atoms with E-state index in [2.05, 4.69) is 6.58 Å². The molecule has 1 aromatic rings. The number of hydrogen-bond acceptors (Lipinski definition) is 4. The van der Waals surface area contributed by atoms with E-state index in [4.69, 9.17) is 9.47 Å². The zero-order valence-corrected chi connectivity index (χ0v) is 12.1. The van der Waals surface area contributed by atoms with Gasteiger partial charge in [-0.25, -0.2) is 0 Å². The maximum atomic E-state index is 11.4. The third-order valence-corrected chi connectivity index (χ3v) is 3.68. The van der Waals surface area contributed by atoms with E-state index in [9.17, 15) is 9.90 Å². The molecule has 3 atom stereocenters. The summed E-state index contributed by atoms with van der Waals surface area (Å²) in [6.07, 6.45) is 0.403. The van der Waals surface area contributed by atoms with E-state index < -0.39 is 12.2 Å². The van der Waals surface area contributed by atoms with Crippen LogP contribution < -0.4 is 4.74 Å². The van der Waals surface area contributed by atoms with E-state index >= 15 is 0 Å². The van der Waals surface area contributed by atoms with Crippen molar-refractivity contribution in [3.8, 4) is 5.75 Å². The molecule has 0 unspecified atom stereocenters. The number of cyclic esters (lactones) is 1. The van der Waals surface area contributed by atoms with Gasteiger partial charge in [0.15, 0.2) is 0 Å². The summed E-state index contributed by atoms with van der Waals surface area (Å²) in [4.78, 5) is 11.4. The molecule has 108 valence electrons. The van der Waals surface area contributed by atoms with Crippen LogP contribution in [0.1, 0.15) is 29.2 Å². The quantitative estimate of drug-likeness (QED) is 0.678. The van der Waals surface area contributed by atoms with Gasteiger partial charge in [0.2, 0.25) is 0 Å². The number of rotatable bonds is 4. The first-order chi connectivity index (χ1) is 9.47. The van der Waals surface area contributed by atoms with Crippen LogP contribution in [0.2, 0.25) is 0 Å². The first-order valence-electron chi connectivity index (χ1n) is 6.63. The minimum Gasteiger partial charge on any atom is -0.496 e. The number of aryl methyl sites for hydroxylation is 2. The molecule has 0 radical (unpaired) electrons. The number of aliphatic hydroxyl groups excluding tert-OH is 1. The summed E-state index contributed by atoms with van der Waals surface area (Å²) in [5.74, 6) is 0.152. The summed E-state index contributed by atoms with van der Waals surface area (Å²) in [7, 11) is 1.57. The highest BCUT2D eigenvalue weighted by Gasteiger charge is 2.39. The number of esters is 1. The largest absolute Gasteiger partial charge is 0.496 e. The van der Waals surface area contributed by atoms with Crippen molar-refractivity contribution in [2.45, 2.75) is 32.5 Å². The van der Waals surface area contributed by atoms with Gasteiger partial charge in [0.25, 0.3) is 0 Å². The van der Waals surface area contributed by atoms with Gasteiger partial charge in [-0.15, -0.1) is 6.58 Å². The van der Waals surface area contributed by atoms with E-state index in [1.807, 2.05) is 26.0 Å². The Morgan fingerprint density at radius 3 is 2.80 bits per heavy atom. The molecule has 4 nitrogen and oxygen atoms in total. The maximum Gasteiger partial charge on any atom is 0.306 e. The Balaban J connectivity index is 2.40. The molecule has 0 aromatic heterocycles. The fourth-order valence-electron chi connectivity index (χ4n) is 2.77. The van der Waals surface area contributed by atoms with Crippen LogP contribution in [0.3, 0.4) is 0 Å². The second-order valence-electron chi connectivity index (χ2n) is 5.21. The topological polar surface area (TPSA) is 55.8 Å². The van der Waals surface area contributed by atoms with Crippen molar-refractivity contribution in [1.82, 2.24) is 0 Å². The Morgan fingerprint density at radius 1 is 1.50 bits per heavy atom. The van der Waals surface area contributed by atoms with Crippen LogP contribution in [-0.2, 0) is 9.53 Å². The number of hydrogen-bond donors (Lipinski definition) is 1. The summed E-state index contributed by atoms with van der Waals surface area (Å²) in [5, 5.41) is 10.6. The van der Waals surface area contributed by atoms with Crippen LogP contribution in [0, 0.1) is 19.8 Å². The van der Waals surface area contributed by atoms with E-state index in [1.165, 1.54) is 0 Å². The molecule has 2 rings (SSSR count). The Bertz CT molecular complexity index is 536. The predicted octanol–water partition coefficient (Wildman–Crippen LogP) is 2.46. The van der Waals surface area contributed by atoms with Crippen molar-refractivity contribution in [2.75, 3.05) is 7.11 Å². The predicted molar refractivity (Wildman–Crippen MR) is 75.6 cm³/mol. The number of methoxy groups -OCH3 is 1. The highest BCUT2D eigenvalue weighted by Crippen LogP contribution is 2.38. The molecule has 0 amide bonds. The lowest BCUT2D eigenvalue weighted by Crippen LogP contribution is -2.24. The summed E-state index contributed by atoms with van der Waals surface area (Å²) in [6, 6.07) is 3.85. The van der Waals surface area contributed by atoms with Gasteiger partial charge in [-0.05, 0) is 25.5 Å². The summed E-state index contributed by atoms with van der Waals surface area (Å²) in [6.45, 7) is 7.58. The number of ether oxygens (including phenoxy) is 2. The Labute approximate surface area is 119 Å². The standard InChI is InChI=1S/C16H20O4/c1-5-11-8-13(17)20-16(11)14(18)12-7-9(2)6-10(3)15(12)19-4/h5-7,11,14,16,18H,1,8H2,2-4H3/t11-,14-,16-/m0/s1. The van der Waals surface area contributed by atoms with Crippen LogP contribution in [0.5, 0.6) is 5.75 Å². The number of carbonyl (C=O) groups excluding carboxylic acids is 1. The normalized spacial score (nSPS) is 23.3. The highest BCUT2D eigenvalue weighted by atomic mass is 16.6. The summed E-state index contributed by atoms with van der Waals surface area (Å²) < 4.78 is 10.6. The first-order valence-corrected chi connectivity index (χ1v) is 6.63. The lowest BCUT2D eigenvalue weighted by molar-refractivity contribution is -0.145. The fraction of sp³-hybridized carbons (Fsp3) is 0.438. The molecule has 0 bridgehead atoms. The smallest absolute Gasteiger partial charge is 0.306 e. The maximum absolute atomic E-state index is 11.4. The van der Waals surface area contributed by atoms with Crippen LogP contribution in [-0.4, -0.2) is 24.3 Å². The van der Waals surface area contributed by atoms with Gasteiger partial charge in [-0.1, -0.05) is 17.7 Å². The summed E-state index contributed by atoms with van der Waals surface area (Å²) in [5.41, 5.74) is 2.62. The van der Waals surface area contributed by atoms with E-state index in [-0.39, 0.29) is 18.3 Å². The zero-order valence-electron chi connectivity index (χ0n) is 12.1. The molecule has 1 saturated heterocycles. The molecular formula is C16H20O4. The molecule has 1 aliphatic heterocycles. The van der Waals surface area contributed by atoms with Gasteiger partial charge in [0.05, 0.1) is 13.5 Å². The molecule has 1 aliphatic rings. The van der Waals surface area contributed by atoms with Gasteiger partial charge >= 0.3 is 5.97 Å². The average Bonchev–Trinajstić information content (AvgIpc) is 2.78. The van der Waals surface area contributed by atoms with Crippen molar-refractivity contribution < 1.29 is 19.4 Å². The molecule has 1 N–H and O–H groups in total.